The van der Waals surface area contributed by atoms with E-state index in [4.69, 9.17) is 11.5 Å². The van der Waals surface area contributed by atoms with Gasteiger partial charge >= 0.3 is 0 Å². The van der Waals surface area contributed by atoms with Crippen molar-refractivity contribution in [2.24, 2.45) is 22.8 Å². The Balaban J connectivity index is 4.96. The lowest BCUT2D eigenvalue weighted by Crippen LogP contribution is -2.48. The zero-order valence-corrected chi connectivity index (χ0v) is 20.6. The molecule has 0 radical (unpaired) electrons. The summed E-state index contributed by atoms with van der Waals surface area (Å²) in [6.07, 6.45) is 7.32. The summed E-state index contributed by atoms with van der Waals surface area (Å²) in [4.78, 5) is 26.0. The number of rotatable bonds is 16. The summed E-state index contributed by atoms with van der Waals surface area (Å²) in [7, 11) is 0. The van der Waals surface area contributed by atoms with Crippen molar-refractivity contribution in [2.45, 2.75) is 111 Å². The third kappa shape index (κ3) is 15.8. The summed E-state index contributed by atoms with van der Waals surface area (Å²) in [6.45, 7) is 14.7. The van der Waals surface area contributed by atoms with Crippen molar-refractivity contribution < 1.29 is 9.59 Å². The van der Waals surface area contributed by atoms with Crippen LogP contribution in [-0.2, 0) is 9.59 Å². The van der Waals surface area contributed by atoms with Gasteiger partial charge in [0.05, 0.1) is 6.04 Å². The average Bonchev–Trinajstić information content (AvgIpc) is 2.61. The molecule has 6 heteroatoms. The van der Waals surface area contributed by atoms with Crippen molar-refractivity contribution in [1.82, 2.24) is 10.6 Å². The molecule has 0 unspecified atom stereocenters. The van der Waals surface area contributed by atoms with Crippen LogP contribution in [0.1, 0.15) is 99.3 Å². The first kappa shape index (κ1) is 29.0. The largest absolute Gasteiger partial charge is 0.356 e. The molecule has 1 amide bonds. The maximum absolute atomic E-state index is 13.1. The van der Waals surface area contributed by atoms with Crippen molar-refractivity contribution in [3.63, 3.8) is 0 Å². The van der Waals surface area contributed by atoms with Crippen molar-refractivity contribution in [3.8, 4) is 0 Å². The second-order valence-electron chi connectivity index (χ2n) is 10.8. The first-order valence-electron chi connectivity index (χ1n) is 11.9. The number of hydrogen-bond acceptors (Lipinski definition) is 5. The molecule has 0 heterocycles. The second kappa shape index (κ2) is 14.9. The molecule has 0 saturated heterocycles. The molecule has 0 aliphatic carbocycles. The van der Waals surface area contributed by atoms with Crippen LogP contribution in [0.4, 0.5) is 0 Å². The molecule has 6 nitrogen and oxygen atoms in total. The molecule has 0 fully saturated rings. The molecule has 0 spiro atoms. The number of Topliss-reactive ketones (excluding diaryl/α,β-unsaturated/α-hetero) is 1. The first-order valence-corrected chi connectivity index (χ1v) is 11.9. The fourth-order valence-electron chi connectivity index (χ4n) is 3.55. The summed E-state index contributed by atoms with van der Waals surface area (Å²) >= 11 is 0. The highest BCUT2D eigenvalue weighted by atomic mass is 16.2. The van der Waals surface area contributed by atoms with Gasteiger partial charge in [0.25, 0.3) is 0 Å². The van der Waals surface area contributed by atoms with E-state index in [0.717, 1.165) is 44.9 Å². The van der Waals surface area contributed by atoms with Crippen LogP contribution in [0.15, 0.2) is 0 Å². The Hall–Kier alpha value is -0.980. The standard InChI is InChI=1S/C24H50N4O2/c1-23(2,3)14-11-17-27-22(30)19(12-7-9-15-25)18-21(29)20(13-8-10-16-26)28-24(4,5)6/h19-20,28H,7-18,25-26H2,1-6H3,(H,27,30)/t19-,20+/m1/s1. The molecule has 0 aliphatic rings. The van der Waals surface area contributed by atoms with Crippen molar-refractivity contribution in [1.29, 1.82) is 0 Å². The zero-order valence-electron chi connectivity index (χ0n) is 20.6. The summed E-state index contributed by atoms with van der Waals surface area (Å²) in [5.74, 6) is -0.146. The van der Waals surface area contributed by atoms with Crippen LogP contribution < -0.4 is 22.1 Å². The van der Waals surface area contributed by atoms with E-state index in [0.29, 0.717) is 26.1 Å². The highest BCUT2D eigenvalue weighted by molar-refractivity contribution is 5.89. The molecular formula is C24H50N4O2. The molecule has 0 bridgehead atoms. The van der Waals surface area contributed by atoms with Gasteiger partial charge in [-0.2, -0.15) is 0 Å². The summed E-state index contributed by atoms with van der Waals surface area (Å²) < 4.78 is 0. The highest BCUT2D eigenvalue weighted by Gasteiger charge is 2.28. The Morgan fingerprint density at radius 1 is 0.833 bits per heavy atom. The Bertz CT molecular complexity index is 481. The zero-order chi connectivity index (χ0) is 23.2. The molecule has 0 aliphatic heterocycles. The minimum Gasteiger partial charge on any atom is -0.356 e. The molecule has 0 rings (SSSR count). The first-order chi connectivity index (χ1) is 13.9. The Kier molecular flexibility index (Phi) is 14.4. The smallest absolute Gasteiger partial charge is 0.223 e. The average molecular weight is 427 g/mol. The molecule has 6 N–H and O–H groups in total. The molecule has 178 valence electrons. The van der Waals surface area contributed by atoms with Gasteiger partial charge in [0.15, 0.2) is 5.78 Å². The Labute approximate surface area is 185 Å². The van der Waals surface area contributed by atoms with E-state index in [1.165, 1.54) is 0 Å². The van der Waals surface area contributed by atoms with Crippen molar-refractivity contribution >= 4 is 11.7 Å². The van der Waals surface area contributed by atoms with Crippen molar-refractivity contribution in [2.75, 3.05) is 19.6 Å². The van der Waals surface area contributed by atoms with Crippen LogP contribution in [0.5, 0.6) is 0 Å². The second-order valence-corrected chi connectivity index (χ2v) is 10.8. The number of carbonyl (C=O) groups excluding carboxylic acids is 2. The number of carbonyl (C=O) groups is 2. The topological polar surface area (TPSA) is 110 Å². The van der Waals surface area contributed by atoms with Crippen LogP contribution in [-0.4, -0.2) is 42.9 Å². The van der Waals surface area contributed by atoms with Crippen LogP contribution >= 0.6 is 0 Å². The minimum atomic E-state index is -0.280. The SMILES string of the molecule is CC(C)(C)CCCNC(=O)[C@H](CCCCN)CC(=O)[C@H](CCCCN)NC(C)(C)C. The lowest BCUT2D eigenvalue weighted by molar-refractivity contribution is -0.130. The normalized spacial score (nSPS) is 14.4. The van der Waals surface area contributed by atoms with E-state index in [1.54, 1.807) is 0 Å². The quantitative estimate of drug-likeness (QED) is 0.282. The van der Waals surface area contributed by atoms with Gasteiger partial charge in [0.2, 0.25) is 5.91 Å². The minimum absolute atomic E-state index is 0.00532. The van der Waals surface area contributed by atoms with E-state index in [2.05, 4.69) is 52.2 Å². The fraction of sp³-hybridized carbons (Fsp3) is 0.917. The Morgan fingerprint density at radius 3 is 1.90 bits per heavy atom. The maximum Gasteiger partial charge on any atom is 0.223 e. The molecule has 0 aromatic carbocycles. The van der Waals surface area contributed by atoms with Gasteiger partial charge in [-0.3, -0.25) is 9.59 Å². The molecular weight excluding hydrogens is 376 g/mol. The molecule has 2 atom stereocenters. The van der Waals surface area contributed by atoms with Gasteiger partial charge < -0.3 is 22.1 Å². The highest BCUT2D eigenvalue weighted by Crippen LogP contribution is 2.21. The molecule has 30 heavy (non-hydrogen) atoms. The van der Waals surface area contributed by atoms with Gasteiger partial charge in [-0.05, 0) is 77.8 Å². The van der Waals surface area contributed by atoms with E-state index in [-0.39, 0.29) is 41.0 Å². The van der Waals surface area contributed by atoms with E-state index in [1.807, 2.05) is 0 Å². The lowest BCUT2D eigenvalue weighted by Gasteiger charge is -2.29. The molecule has 0 aromatic heterocycles. The third-order valence-corrected chi connectivity index (χ3v) is 5.17. The van der Waals surface area contributed by atoms with E-state index < -0.39 is 0 Å². The summed E-state index contributed by atoms with van der Waals surface area (Å²) in [5, 5.41) is 6.52. The van der Waals surface area contributed by atoms with Crippen LogP contribution in [0.2, 0.25) is 0 Å². The number of unbranched alkanes of at least 4 members (excludes halogenated alkanes) is 2. The van der Waals surface area contributed by atoms with Gasteiger partial charge in [0, 0.05) is 24.4 Å². The van der Waals surface area contributed by atoms with Gasteiger partial charge in [-0.25, -0.2) is 0 Å². The van der Waals surface area contributed by atoms with Crippen LogP contribution in [0.3, 0.4) is 0 Å². The summed E-state index contributed by atoms with van der Waals surface area (Å²) in [6, 6.07) is -0.234. The predicted molar refractivity (Wildman–Crippen MR) is 127 cm³/mol. The number of nitrogens with two attached hydrogens (primary N) is 2. The number of ketones is 1. The van der Waals surface area contributed by atoms with Crippen LogP contribution in [0.25, 0.3) is 0 Å². The van der Waals surface area contributed by atoms with Gasteiger partial charge in [0.1, 0.15) is 0 Å². The maximum atomic E-state index is 13.1. The molecule has 0 saturated carbocycles. The summed E-state index contributed by atoms with van der Waals surface area (Å²) in [5.41, 5.74) is 11.4. The number of amides is 1. The van der Waals surface area contributed by atoms with E-state index >= 15 is 0 Å². The van der Waals surface area contributed by atoms with Gasteiger partial charge in [-0.1, -0.05) is 33.6 Å². The van der Waals surface area contributed by atoms with Crippen LogP contribution in [0, 0.1) is 11.3 Å². The van der Waals surface area contributed by atoms with E-state index in [9.17, 15) is 9.59 Å². The lowest BCUT2D eigenvalue weighted by atomic mass is 9.89. The number of hydrogen-bond donors (Lipinski definition) is 4. The predicted octanol–water partition coefficient (Wildman–Crippen LogP) is 3.52. The number of nitrogens with one attached hydrogen (secondary N) is 2. The molecule has 0 aromatic rings. The fourth-order valence-corrected chi connectivity index (χ4v) is 3.55. The van der Waals surface area contributed by atoms with Crippen molar-refractivity contribution in [3.05, 3.63) is 0 Å². The monoisotopic (exact) mass is 426 g/mol. The third-order valence-electron chi connectivity index (χ3n) is 5.17. The Morgan fingerprint density at radius 2 is 1.40 bits per heavy atom. The van der Waals surface area contributed by atoms with Gasteiger partial charge in [-0.15, -0.1) is 0 Å².